The summed E-state index contributed by atoms with van der Waals surface area (Å²) in [5, 5.41) is 0.664. The number of ether oxygens (including phenoxy) is 1. The lowest BCUT2D eigenvalue weighted by Crippen LogP contribution is -2.05. The standard InChI is InChI=1S/C9H11BrClNO/c10-7-4-8(11)6-9(5-7)13-3-1-2-12/h4-6H,1-3,12H2. The van der Waals surface area contributed by atoms with Gasteiger partial charge < -0.3 is 10.5 Å². The summed E-state index contributed by atoms with van der Waals surface area (Å²) in [4.78, 5) is 0. The number of hydrogen-bond donors (Lipinski definition) is 1. The molecule has 0 bridgehead atoms. The van der Waals surface area contributed by atoms with Gasteiger partial charge in [0.2, 0.25) is 0 Å². The summed E-state index contributed by atoms with van der Waals surface area (Å²) in [6, 6.07) is 5.47. The van der Waals surface area contributed by atoms with Crippen molar-refractivity contribution in [1.29, 1.82) is 0 Å². The van der Waals surface area contributed by atoms with Crippen molar-refractivity contribution in [2.24, 2.45) is 5.73 Å². The van der Waals surface area contributed by atoms with Gasteiger partial charge in [0.25, 0.3) is 0 Å². The summed E-state index contributed by atoms with van der Waals surface area (Å²) in [7, 11) is 0. The topological polar surface area (TPSA) is 35.2 Å². The van der Waals surface area contributed by atoms with Gasteiger partial charge in [-0.2, -0.15) is 0 Å². The van der Waals surface area contributed by atoms with E-state index in [1.54, 1.807) is 6.07 Å². The quantitative estimate of drug-likeness (QED) is 0.849. The van der Waals surface area contributed by atoms with E-state index in [1.165, 1.54) is 0 Å². The molecule has 0 saturated carbocycles. The van der Waals surface area contributed by atoms with E-state index in [4.69, 9.17) is 22.1 Å². The first-order valence-corrected chi connectivity index (χ1v) is 5.18. The number of hydrogen-bond acceptors (Lipinski definition) is 2. The maximum atomic E-state index is 5.83. The molecular formula is C9H11BrClNO. The number of benzene rings is 1. The molecule has 72 valence electrons. The Bertz CT molecular complexity index is 260. The molecule has 1 aromatic rings. The van der Waals surface area contributed by atoms with Gasteiger partial charge in [-0.05, 0) is 31.2 Å². The molecule has 0 aliphatic heterocycles. The van der Waals surface area contributed by atoms with Crippen LogP contribution in [0, 0.1) is 0 Å². The molecule has 0 radical (unpaired) electrons. The zero-order chi connectivity index (χ0) is 9.68. The Hall–Kier alpha value is -0.250. The van der Waals surface area contributed by atoms with Crippen LogP contribution in [0.25, 0.3) is 0 Å². The SMILES string of the molecule is NCCCOc1cc(Cl)cc(Br)c1. The van der Waals surface area contributed by atoms with E-state index in [0.29, 0.717) is 18.2 Å². The highest BCUT2D eigenvalue weighted by molar-refractivity contribution is 9.10. The minimum absolute atomic E-state index is 0.628. The highest BCUT2D eigenvalue weighted by Crippen LogP contribution is 2.24. The van der Waals surface area contributed by atoms with Crippen LogP contribution in [0.15, 0.2) is 22.7 Å². The fourth-order valence-electron chi connectivity index (χ4n) is 0.885. The van der Waals surface area contributed by atoms with Crippen molar-refractivity contribution >= 4 is 27.5 Å². The second kappa shape index (κ2) is 5.47. The minimum atomic E-state index is 0.628. The fraction of sp³-hybridized carbons (Fsp3) is 0.333. The summed E-state index contributed by atoms with van der Waals surface area (Å²) < 4.78 is 6.33. The van der Waals surface area contributed by atoms with E-state index in [9.17, 15) is 0 Å². The zero-order valence-corrected chi connectivity index (χ0v) is 9.44. The molecule has 0 spiro atoms. The Labute approximate surface area is 91.2 Å². The van der Waals surface area contributed by atoms with Gasteiger partial charge in [-0.15, -0.1) is 0 Å². The highest BCUT2D eigenvalue weighted by Gasteiger charge is 1.97. The van der Waals surface area contributed by atoms with Crippen LogP contribution < -0.4 is 10.5 Å². The maximum absolute atomic E-state index is 5.83. The smallest absolute Gasteiger partial charge is 0.121 e. The molecule has 0 aliphatic rings. The largest absolute Gasteiger partial charge is 0.493 e. The van der Waals surface area contributed by atoms with Crippen molar-refractivity contribution in [2.75, 3.05) is 13.2 Å². The van der Waals surface area contributed by atoms with E-state index in [-0.39, 0.29) is 0 Å². The lowest BCUT2D eigenvalue weighted by atomic mass is 10.3. The maximum Gasteiger partial charge on any atom is 0.121 e. The molecule has 2 nitrogen and oxygen atoms in total. The monoisotopic (exact) mass is 263 g/mol. The molecule has 0 atom stereocenters. The lowest BCUT2D eigenvalue weighted by molar-refractivity contribution is 0.313. The van der Waals surface area contributed by atoms with Gasteiger partial charge in [-0.25, -0.2) is 0 Å². The van der Waals surface area contributed by atoms with E-state index < -0.39 is 0 Å². The van der Waals surface area contributed by atoms with Crippen LogP contribution in [0.4, 0.5) is 0 Å². The molecule has 0 heterocycles. The van der Waals surface area contributed by atoms with Crippen LogP contribution in [0.3, 0.4) is 0 Å². The molecular weight excluding hydrogens is 253 g/mol. The van der Waals surface area contributed by atoms with Gasteiger partial charge in [-0.1, -0.05) is 27.5 Å². The van der Waals surface area contributed by atoms with Crippen molar-refractivity contribution < 1.29 is 4.74 Å². The Balaban J connectivity index is 2.56. The zero-order valence-electron chi connectivity index (χ0n) is 7.09. The Morgan fingerprint density at radius 2 is 2.15 bits per heavy atom. The van der Waals surface area contributed by atoms with Crippen molar-refractivity contribution in [1.82, 2.24) is 0 Å². The molecule has 2 N–H and O–H groups in total. The van der Waals surface area contributed by atoms with Crippen LogP contribution >= 0.6 is 27.5 Å². The third kappa shape index (κ3) is 3.98. The fourth-order valence-corrected chi connectivity index (χ4v) is 1.71. The van der Waals surface area contributed by atoms with Crippen LogP contribution in [-0.2, 0) is 0 Å². The van der Waals surface area contributed by atoms with Crippen molar-refractivity contribution in [3.63, 3.8) is 0 Å². The van der Waals surface area contributed by atoms with Crippen LogP contribution in [0.2, 0.25) is 5.02 Å². The molecule has 13 heavy (non-hydrogen) atoms. The van der Waals surface area contributed by atoms with Gasteiger partial charge in [-0.3, -0.25) is 0 Å². The van der Waals surface area contributed by atoms with Crippen molar-refractivity contribution in [3.05, 3.63) is 27.7 Å². The highest BCUT2D eigenvalue weighted by atomic mass is 79.9. The summed E-state index contributed by atoms with van der Waals surface area (Å²) in [5.41, 5.74) is 5.34. The van der Waals surface area contributed by atoms with Gasteiger partial charge in [0.05, 0.1) is 6.61 Å². The predicted molar refractivity (Wildman–Crippen MR) is 58.3 cm³/mol. The van der Waals surface area contributed by atoms with E-state index in [2.05, 4.69) is 15.9 Å². The van der Waals surface area contributed by atoms with Crippen molar-refractivity contribution in [3.8, 4) is 5.75 Å². The van der Waals surface area contributed by atoms with Crippen molar-refractivity contribution in [2.45, 2.75) is 6.42 Å². The first-order chi connectivity index (χ1) is 6.22. The first kappa shape index (κ1) is 10.8. The normalized spacial score (nSPS) is 10.1. The number of halogens is 2. The average Bonchev–Trinajstić information content (AvgIpc) is 2.03. The second-order valence-corrected chi connectivity index (χ2v) is 3.95. The Morgan fingerprint density at radius 1 is 1.38 bits per heavy atom. The van der Waals surface area contributed by atoms with Crippen LogP contribution in [0.5, 0.6) is 5.75 Å². The third-order valence-corrected chi connectivity index (χ3v) is 2.13. The summed E-state index contributed by atoms with van der Waals surface area (Å²) in [5.74, 6) is 0.771. The van der Waals surface area contributed by atoms with Gasteiger partial charge in [0.15, 0.2) is 0 Å². The molecule has 0 aromatic heterocycles. The van der Waals surface area contributed by atoms with Crippen LogP contribution in [0.1, 0.15) is 6.42 Å². The summed E-state index contributed by atoms with van der Waals surface area (Å²) in [6.45, 7) is 1.27. The van der Waals surface area contributed by atoms with Gasteiger partial charge in [0, 0.05) is 9.50 Å². The second-order valence-electron chi connectivity index (χ2n) is 2.60. The van der Waals surface area contributed by atoms with E-state index in [0.717, 1.165) is 16.6 Å². The molecule has 0 saturated heterocycles. The van der Waals surface area contributed by atoms with E-state index >= 15 is 0 Å². The molecule has 0 fully saturated rings. The molecule has 1 aromatic carbocycles. The molecule has 0 aliphatic carbocycles. The third-order valence-electron chi connectivity index (χ3n) is 1.45. The molecule has 0 unspecified atom stereocenters. The Morgan fingerprint density at radius 3 is 2.77 bits per heavy atom. The molecule has 0 amide bonds. The average molecular weight is 265 g/mol. The summed E-state index contributed by atoms with van der Waals surface area (Å²) >= 11 is 9.16. The first-order valence-electron chi connectivity index (χ1n) is 4.01. The molecule has 4 heteroatoms. The lowest BCUT2D eigenvalue weighted by Gasteiger charge is -2.05. The van der Waals surface area contributed by atoms with E-state index in [1.807, 2.05) is 12.1 Å². The van der Waals surface area contributed by atoms with Gasteiger partial charge >= 0.3 is 0 Å². The summed E-state index contributed by atoms with van der Waals surface area (Å²) in [6.07, 6.45) is 0.851. The minimum Gasteiger partial charge on any atom is -0.493 e. The number of rotatable bonds is 4. The Kier molecular flexibility index (Phi) is 4.56. The molecule has 1 rings (SSSR count). The number of nitrogens with two attached hydrogens (primary N) is 1. The van der Waals surface area contributed by atoms with Gasteiger partial charge in [0.1, 0.15) is 5.75 Å². The predicted octanol–water partition coefficient (Wildman–Crippen LogP) is 2.83. The van der Waals surface area contributed by atoms with Crippen LogP contribution in [-0.4, -0.2) is 13.2 Å².